The van der Waals surface area contributed by atoms with Crippen LogP contribution in [0.4, 0.5) is 0 Å². The standard InChI is InChI=1S/C21H26N4O3/c26-18-4-3-17(19(27)24-18)25-12-14-2-1-13(9-16(14)20(25)28)10-23-21(6-7-21)15-5-8-22-11-15/h1-2,9,15,17,22-23H,3-8,10-12H2,(H,24,26,27). The van der Waals surface area contributed by atoms with E-state index in [2.05, 4.69) is 22.0 Å². The molecule has 0 aromatic heterocycles. The summed E-state index contributed by atoms with van der Waals surface area (Å²) in [6.45, 7) is 3.40. The Kier molecular flexibility index (Phi) is 4.25. The molecule has 1 aromatic rings. The van der Waals surface area contributed by atoms with Crippen molar-refractivity contribution in [3.63, 3.8) is 0 Å². The maximum Gasteiger partial charge on any atom is 0.255 e. The number of carbonyl (C=O) groups excluding carboxylic acids is 3. The molecule has 2 unspecified atom stereocenters. The first-order valence-corrected chi connectivity index (χ1v) is 10.3. The number of benzene rings is 1. The monoisotopic (exact) mass is 382 g/mol. The van der Waals surface area contributed by atoms with Gasteiger partial charge in [-0.15, -0.1) is 0 Å². The fourth-order valence-corrected chi connectivity index (χ4v) is 4.98. The van der Waals surface area contributed by atoms with E-state index in [-0.39, 0.29) is 29.7 Å². The molecule has 7 nitrogen and oxygen atoms in total. The summed E-state index contributed by atoms with van der Waals surface area (Å²) in [7, 11) is 0. The molecule has 1 saturated carbocycles. The number of carbonyl (C=O) groups is 3. The average molecular weight is 382 g/mol. The molecule has 3 fully saturated rings. The molecular weight excluding hydrogens is 356 g/mol. The molecule has 0 spiro atoms. The first-order chi connectivity index (χ1) is 13.6. The number of imide groups is 1. The second kappa shape index (κ2) is 6.67. The van der Waals surface area contributed by atoms with Crippen molar-refractivity contribution in [2.24, 2.45) is 5.92 Å². The highest BCUT2D eigenvalue weighted by Gasteiger charge is 2.49. The van der Waals surface area contributed by atoms with Gasteiger partial charge in [-0.1, -0.05) is 12.1 Å². The van der Waals surface area contributed by atoms with Crippen molar-refractivity contribution >= 4 is 17.7 Å². The zero-order chi connectivity index (χ0) is 19.3. The number of fused-ring (bicyclic) bond motifs is 1. The molecule has 5 rings (SSSR count). The fraction of sp³-hybridized carbons (Fsp3) is 0.571. The summed E-state index contributed by atoms with van der Waals surface area (Å²) in [5.74, 6) is -0.0237. The minimum absolute atomic E-state index is 0.104. The van der Waals surface area contributed by atoms with Crippen molar-refractivity contribution < 1.29 is 14.4 Å². The molecule has 1 aliphatic carbocycles. The number of hydrogen-bond donors (Lipinski definition) is 3. The highest BCUT2D eigenvalue weighted by Crippen LogP contribution is 2.45. The third-order valence-corrected chi connectivity index (χ3v) is 6.87. The zero-order valence-corrected chi connectivity index (χ0v) is 15.9. The van der Waals surface area contributed by atoms with Crippen molar-refractivity contribution in [2.45, 2.75) is 56.8 Å². The SMILES string of the molecule is O=C1CCC(N2Cc3ccc(CNC4(C5CCNC5)CC4)cc3C2=O)C(=O)N1. The van der Waals surface area contributed by atoms with Gasteiger partial charge in [-0.3, -0.25) is 19.7 Å². The van der Waals surface area contributed by atoms with Gasteiger partial charge in [-0.25, -0.2) is 0 Å². The van der Waals surface area contributed by atoms with Crippen molar-refractivity contribution in [1.82, 2.24) is 20.9 Å². The summed E-state index contributed by atoms with van der Waals surface area (Å²) in [5, 5.41) is 9.56. The van der Waals surface area contributed by atoms with E-state index in [1.165, 1.54) is 19.3 Å². The van der Waals surface area contributed by atoms with E-state index in [9.17, 15) is 14.4 Å². The van der Waals surface area contributed by atoms with Crippen LogP contribution in [0.2, 0.25) is 0 Å². The van der Waals surface area contributed by atoms with E-state index in [1.54, 1.807) is 4.90 Å². The molecular formula is C21H26N4O3. The Morgan fingerprint density at radius 2 is 2.04 bits per heavy atom. The van der Waals surface area contributed by atoms with Gasteiger partial charge in [0.2, 0.25) is 11.8 Å². The van der Waals surface area contributed by atoms with Crippen LogP contribution in [0.1, 0.15) is 53.6 Å². The minimum Gasteiger partial charge on any atom is -0.322 e. The molecule has 2 saturated heterocycles. The van der Waals surface area contributed by atoms with Crippen LogP contribution in [0.3, 0.4) is 0 Å². The molecule has 1 aromatic carbocycles. The predicted octanol–water partition coefficient (Wildman–Crippen LogP) is 0.679. The number of amides is 3. The molecule has 3 N–H and O–H groups in total. The summed E-state index contributed by atoms with van der Waals surface area (Å²) in [4.78, 5) is 38.1. The van der Waals surface area contributed by atoms with Crippen LogP contribution in [0.25, 0.3) is 0 Å². The van der Waals surface area contributed by atoms with Crippen molar-refractivity contribution in [3.8, 4) is 0 Å². The highest BCUT2D eigenvalue weighted by atomic mass is 16.2. The lowest BCUT2D eigenvalue weighted by Gasteiger charge is -2.29. The first-order valence-electron chi connectivity index (χ1n) is 10.3. The molecule has 3 aliphatic heterocycles. The van der Waals surface area contributed by atoms with Crippen LogP contribution in [0, 0.1) is 5.92 Å². The lowest BCUT2D eigenvalue weighted by molar-refractivity contribution is -0.136. The van der Waals surface area contributed by atoms with E-state index in [1.807, 2.05) is 12.1 Å². The summed E-state index contributed by atoms with van der Waals surface area (Å²) >= 11 is 0. The largest absolute Gasteiger partial charge is 0.322 e. The van der Waals surface area contributed by atoms with Gasteiger partial charge in [0.1, 0.15) is 6.04 Å². The van der Waals surface area contributed by atoms with E-state index in [4.69, 9.17) is 0 Å². The molecule has 2 atom stereocenters. The summed E-state index contributed by atoms with van der Waals surface area (Å²) in [5.41, 5.74) is 3.02. The molecule has 0 radical (unpaired) electrons. The van der Waals surface area contributed by atoms with Crippen LogP contribution in [0.15, 0.2) is 18.2 Å². The quantitative estimate of drug-likeness (QED) is 0.652. The lowest BCUT2D eigenvalue weighted by atomic mass is 9.96. The maximum atomic E-state index is 12.9. The molecule has 7 heteroatoms. The number of hydrogen-bond acceptors (Lipinski definition) is 5. The van der Waals surface area contributed by atoms with Crippen LogP contribution in [-0.4, -0.2) is 47.3 Å². The molecule has 148 valence electrons. The Hall–Kier alpha value is -2.25. The average Bonchev–Trinajstić information content (AvgIpc) is 3.12. The third-order valence-electron chi connectivity index (χ3n) is 6.87. The smallest absolute Gasteiger partial charge is 0.255 e. The molecule has 3 amide bonds. The highest BCUT2D eigenvalue weighted by molar-refractivity contribution is 6.05. The van der Waals surface area contributed by atoms with Crippen LogP contribution in [0.5, 0.6) is 0 Å². The van der Waals surface area contributed by atoms with Crippen molar-refractivity contribution in [2.75, 3.05) is 13.1 Å². The number of nitrogens with one attached hydrogen (secondary N) is 3. The minimum atomic E-state index is -0.552. The summed E-state index contributed by atoms with van der Waals surface area (Å²) in [6, 6.07) is 5.51. The molecule has 4 aliphatic rings. The van der Waals surface area contributed by atoms with E-state index in [0.717, 1.165) is 30.8 Å². The van der Waals surface area contributed by atoms with E-state index >= 15 is 0 Å². The van der Waals surface area contributed by atoms with Gasteiger partial charge in [0.25, 0.3) is 5.91 Å². The van der Waals surface area contributed by atoms with Crippen LogP contribution >= 0.6 is 0 Å². The van der Waals surface area contributed by atoms with Crippen LogP contribution < -0.4 is 16.0 Å². The second-order valence-corrected chi connectivity index (χ2v) is 8.59. The third kappa shape index (κ3) is 3.02. The van der Waals surface area contributed by atoms with Gasteiger partial charge in [-0.05, 0) is 61.9 Å². The van der Waals surface area contributed by atoms with Gasteiger partial charge in [0.15, 0.2) is 0 Å². The van der Waals surface area contributed by atoms with Crippen molar-refractivity contribution in [3.05, 3.63) is 34.9 Å². The normalized spacial score (nSPS) is 28.4. The Morgan fingerprint density at radius 3 is 2.75 bits per heavy atom. The molecule has 0 bridgehead atoms. The Bertz CT molecular complexity index is 842. The summed E-state index contributed by atoms with van der Waals surface area (Å²) < 4.78 is 0. The molecule has 3 heterocycles. The molecule has 28 heavy (non-hydrogen) atoms. The van der Waals surface area contributed by atoms with Gasteiger partial charge in [0.05, 0.1) is 0 Å². The van der Waals surface area contributed by atoms with Gasteiger partial charge >= 0.3 is 0 Å². The Balaban J connectivity index is 1.27. The Morgan fingerprint density at radius 1 is 1.18 bits per heavy atom. The summed E-state index contributed by atoms with van der Waals surface area (Å²) in [6.07, 6.45) is 4.37. The van der Waals surface area contributed by atoms with Gasteiger partial charge in [0, 0.05) is 30.6 Å². The van der Waals surface area contributed by atoms with E-state index in [0.29, 0.717) is 24.4 Å². The number of nitrogens with zero attached hydrogens (tertiary/aromatic N) is 1. The Labute approximate surface area is 164 Å². The topological polar surface area (TPSA) is 90.5 Å². The van der Waals surface area contributed by atoms with Gasteiger partial charge < -0.3 is 15.5 Å². The number of rotatable bonds is 5. The van der Waals surface area contributed by atoms with Crippen molar-refractivity contribution in [1.29, 1.82) is 0 Å². The fourth-order valence-electron chi connectivity index (χ4n) is 4.98. The zero-order valence-electron chi connectivity index (χ0n) is 15.9. The van der Waals surface area contributed by atoms with Crippen LogP contribution in [-0.2, 0) is 22.7 Å². The number of piperidine rings is 1. The second-order valence-electron chi connectivity index (χ2n) is 8.59. The lowest BCUT2D eigenvalue weighted by Crippen LogP contribution is -2.52. The van der Waals surface area contributed by atoms with Gasteiger partial charge in [-0.2, -0.15) is 0 Å². The first kappa shape index (κ1) is 17.8. The maximum absolute atomic E-state index is 12.9. The predicted molar refractivity (Wildman–Crippen MR) is 102 cm³/mol. The van der Waals surface area contributed by atoms with E-state index < -0.39 is 6.04 Å².